The number of rotatable bonds is 5. The lowest BCUT2D eigenvalue weighted by Crippen LogP contribution is -2.47. The van der Waals surface area contributed by atoms with Crippen LogP contribution in [-0.2, 0) is 0 Å². The van der Waals surface area contributed by atoms with E-state index in [-0.39, 0.29) is 5.54 Å². The van der Waals surface area contributed by atoms with Crippen LogP contribution >= 0.6 is 0 Å². The average Bonchev–Trinajstić information content (AvgIpc) is 2.86. The molecule has 1 heterocycles. The molecule has 1 fully saturated rings. The fraction of sp³-hybridized carbons (Fsp3) is 0.692. The van der Waals surface area contributed by atoms with Crippen molar-refractivity contribution < 1.29 is 0 Å². The topological polar surface area (TPSA) is 79.1 Å². The van der Waals surface area contributed by atoms with Crippen molar-refractivity contribution in [2.75, 3.05) is 31.4 Å². The third-order valence-corrected chi connectivity index (χ3v) is 4.07. The molecular weight excluding hydrogens is 240 g/mol. The van der Waals surface area contributed by atoms with E-state index in [9.17, 15) is 0 Å². The Morgan fingerprint density at radius 1 is 1.26 bits per heavy atom. The molecule has 0 atom stereocenters. The van der Waals surface area contributed by atoms with E-state index in [1.54, 1.807) is 0 Å². The molecule has 1 aromatic rings. The van der Waals surface area contributed by atoms with Crippen molar-refractivity contribution in [1.29, 1.82) is 0 Å². The molecule has 4 N–H and O–H groups in total. The van der Waals surface area contributed by atoms with Crippen LogP contribution < -0.4 is 16.6 Å². The van der Waals surface area contributed by atoms with Crippen molar-refractivity contribution in [3.63, 3.8) is 0 Å². The van der Waals surface area contributed by atoms with Crippen LogP contribution in [0.4, 0.5) is 11.6 Å². The molecule has 1 aliphatic carbocycles. The lowest BCUT2D eigenvalue weighted by Gasteiger charge is -2.36. The van der Waals surface area contributed by atoms with Gasteiger partial charge in [0.2, 0.25) is 0 Å². The molecule has 6 heteroatoms. The minimum Gasteiger partial charge on any atom is -0.368 e. The molecule has 6 nitrogen and oxygen atoms in total. The van der Waals surface area contributed by atoms with Gasteiger partial charge in [0.1, 0.15) is 17.5 Å². The van der Waals surface area contributed by atoms with Crippen molar-refractivity contribution in [3.05, 3.63) is 11.9 Å². The molecule has 0 aliphatic heterocycles. The zero-order chi connectivity index (χ0) is 13.9. The summed E-state index contributed by atoms with van der Waals surface area (Å²) in [4.78, 5) is 10.9. The van der Waals surface area contributed by atoms with Gasteiger partial charge in [0.25, 0.3) is 0 Å². The van der Waals surface area contributed by atoms with E-state index < -0.39 is 0 Å². The smallest absolute Gasteiger partial charge is 0.145 e. The van der Waals surface area contributed by atoms with Crippen LogP contribution in [0.2, 0.25) is 0 Å². The third-order valence-electron chi connectivity index (χ3n) is 4.07. The molecule has 1 aliphatic rings. The Morgan fingerprint density at radius 3 is 2.47 bits per heavy atom. The molecule has 1 saturated carbocycles. The Kier molecular flexibility index (Phi) is 4.21. The number of nitrogens with one attached hydrogen (secondary N) is 2. The molecule has 106 valence electrons. The molecule has 0 aromatic carbocycles. The maximum absolute atomic E-state index is 5.40. The van der Waals surface area contributed by atoms with Crippen molar-refractivity contribution >= 4 is 11.6 Å². The SMILES string of the molecule is Cc1nc(NN)cc(NCC2(N(C)C)CCCC2)n1. The van der Waals surface area contributed by atoms with E-state index in [4.69, 9.17) is 5.84 Å². The fourth-order valence-corrected chi connectivity index (χ4v) is 2.80. The normalized spacial score (nSPS) is 17.7. The number of nitrogen functional groups attached to an aromatic ring is 1. The summed E-state index contributed by atoms with van der Waals surface area (Å²) in [5, 5.41) is 3.44. The number of anilines is 2. The van der Waals surface area contributed by atoms with Gasteiger partial charge in [-0.25, -0.2) is 15.8 Å². The second-order valence-electron chi connectivity index (χ2n) is 5.51. The minimum atomic E-state index is 0.245. The minimum absolute atomic E-state index is 0.245. The first kappa shape index (κ1) is 14.0. The maximum atomic E-state index is 5.40. The van der Waals surface area contributed by atoms with Gasteiger partial charge in [-0.15, -0.1) is 0 Å². The summed E-state index contributed by atoms with van der Waals surface area (Å²) in [6.07, 6.45) is 5.08. The first-order chi connectivity index (χ1) is 9.05. The van der Waals surface area contributed by atoms with Gasteiger partial charge in [-0.05, 0) is 33.9 Å². The number of hydrogen-bond donors (Lipinski definition) is 3. The second kappa shape index (κ2) is 5.71. The van der Waals surface area contributed by atoms with Crippen LogP contribution in [0, 0.1) is 6.92 Å². The van der Waals surface area contributed by atoms with Crippen molar-refractivity contribution in [1.82, 2.24) is 14.9 Å². The molecule has 0 radical (unpaired) electrons. The van der Waals surface area contributed by atoms with Crippen molar-refractivity contribution in [2.24, 2.45) is 5.84 Å². The molecular formula is C13H24N6. The van der Waals surface area contributed by atoms with Gasteiger partial charge < -0.3 is 15.6 Å². The highest BCUT2D eigenvalue weighted by Gasteiger charge is 2.35. The average molecular weight is 264 g/mol. The van der Waals surface area contributed by atoms with Crippen LogP contribution in [0.5, 0.6) is 0 Å². The summed E-state index contributed by atoms with van der Waals surface area (Å²) in [5.74, 6) is 7.58. The third kappa shape index (κ3) is 3.13. The summed E-state index contributed by atoms with van der Waals surface area (Å²) in [6, 6.07) is 1.84. The zero-order valence-electron chi connectivity index (χ0n) is 12.0. The lowest BCUT2D eigenvalue weighted by molar-refractivity contribution is 0.172. The van der Waals surface area contributed by atoms with Crippen LogP contribution in [0.25, 0.3) is 0 Å². The number of aryl methyl sites for hydroxylation is 1. The van der Waals surface area contributed by atoms with Crippen LogP contribution in [-0.4, -0.2) is 41.0 Å². The summed E-state index contributed by atoms with van der Waals surface area (Å²) in [7, 11) is 4.32. The largest absolute Gasteiger partial charge is 0.368 e. The quantitative estimate of drug-likeness (QED) is 0.550. The van der Waals surface area contributed by atoms with Crippen LogP contribution in [0.3, 0.4) is 0 Å². The molecule has 0 bridgehead atoms. The first-order valence-corrected chi connectivity index (χ1v) is 6.79. The lowest BCUT2D eigenvalue weighted by atomic mass is 9.96. The number of hydrogen-bond acceptors (Lipinski definition) is 6. The molecule has 0 saturated heterocycles. The maximum Gasteiger partial charge on any atom is 0.145 e. The van der Waals surface area contributed by atoms with Gasteiger partial charge in [-0.2, -0.15) is 0 Å². The Balaban J connectivity index is 2.07. The standard InChI is InChI=1S/C13H24N6/c1-10-16-11(8-12(17-10)18-14)15-9-13(19(2)3)6-4-5-7-13/h8H,4-7,9,14H2,1-3H3,(H2,15,16,17,18). The highest BCUT2D eigenvalue weighted by Crippen LogP contribution is 2.33. The predicted molar refractivity (Wildman–Crippen MR) is 78.0 cm³/mol. The Labute approximate surface area is 114 Å². The van der Waals surface area contributed by atoms with Gasteiger partial charge in [-0.3, -0.25) is 0 Å². The van der Waals surface area contributed by atoms with E-state index in [1.165, 1.54) is 25.7 Å². The van der Waals surface area contributed by atoms with Crippen LogP contribution in [0.1, 0.15) is 31.5 Å². The summed E-state index contributed by atoms with van der Waals surface area (Å²) < 4.78 is 0. The number of nitrogens with zero attached hydrogens (tertiary/aromatic N) is 3. The predicted octanol–water partition coefficient (Wildman–Crippen LogP) is 1.36. The van der Waals surface area contributed by atoms with Gasteiger partial charge in [0.05, 0.1) is 0 Å². The molecule has 2 rings (SSSR count). The van der Waals surface area contributed by atoms with E-state index in [1.807, 2.05) is 13.0 Å². The zero-order valence-corrected chi connectivity index (χ0v) is 12.0. The summed E-state index contributed by atoms with van der Waals surface area (Å²) >= 11 is 0. The number of likely N-dealkylation sites (N-methyl/N-ethyl adjacent to an activating group) is 1. The van der Waals surface area contributed by atoms with E-state index in [0.29, 0.717) is 11.6 Å². The number of nitrogens with two attached hydrogens (primary N) is 1. The highest BCUT2D eigenvalue weighted by molar-refractivity contribution is 5.47. The molecule has 1 aromatic heterocycles. The number of aromatic nitrogens is 2. The first-order valence-electron chi connectivity index (χ1n) is 6.79. The Bertz CT molecular complexity index is 425. The monoisotopic (exact) mass is 264 g/mol. The fourth-order valence-electron chi connectivity index (χ4n) is 2.80. The molecule has 0 spiro atoms. The number of hydrazine groups is 1. The highest BCUT2D eigenvalue weighted by atomic mass is 15.3. The van der Waals surface area contributed by atoms with Gasteiger partial charge >= 0.3 is 0 Å². The van der Waals surface area contributed by atoms with Gasteiger partial charge in [0, 0.05) is 18.2 Å². The van der Waals surface area contributed by atoms with E-state index in [0.717, 1.165) is 12.4 Å². The Hall–Kier alpha value is -1.40. The molecule has 19 heavy (non-hydrogen) atoms. The molecule has 0 unspecified atom stereocenters. The van der Waals surface area contributed by atoms with Crippen molar-refractivity contribution in [2.45, 2.75) is 38.1 Å². The van der Waals surface area contributed by atoms with E-state index in [2.05, 4.69) is 39.7 Å². The summed E-state index contributed by atoms with van der Waals surface area (Å²) in [5.41, 5.74) is 2.81. The molecule has 0 amide bonds. The second-order valence-corrected chi connectivity index (χ2v) is 5.51. The van der Waals surface area contributed by atoms with E-state index >= 15 is 0 Å². The van der Waals surface area contributed by atoms with Gasteiger partial charge in [-0.1, -0.05) is 12.8 Å². The van der Waals surface area contributed by atoms with Crippen molar-refractivity contribution in [3.8, 4) is 0 Å². The van der Waals surface area contributed by atoms with Crippen LogP contribution in [0.15, 0.2) is 6.07 Å². The Morgan fingerprint density at radius 2 is 1.89 bits per heavy atom. The van der Waals surface area contributed by atoms with Gasteiger partial charge in [0.15, 0.2) is 0 Å². The summed E-state index contributed by atoms with van der Waals surface area (Å²) in [6.45, 7) is 2.77.